The van der Waals surface area contributed by atoms with Gasteiger partial charge >= 0.3 is 0 Å². The van der Waals surface area contributed by atoms with Gasteiger partial charge in [0.15, 0.2) is 11.5 Å². The molecule has 0 saturated carbocycles. The monoisotopic (exact) mass is 404 g/mol. The van der Waals surface area contributed by atoms with Crippen LogP contribution in [-0.2, 0) is 14.8 Å². The van der Waals surface area contributed by atoms with E-state index < -0.39 is 10.0 Å². The molecule has 1 N–H and O–H groups in total. The average Bonchev–Trinajstić information content (AvgIpc) is 3.13. The zero-order valence-corrected chi connectivity index (χ0v) is 16.1. The van der Waals surface area contributed by atoms with Crippen LogP contribution in [0.1, 0.15) is 12.8 Å². The number of carbonyl (C=O) groups is 1. The highest BCUT2D eigenvalue weighted by Crippen LogP contribution is 2.36. The first-order chi connectivity index (χ1) is 13.5. The van der Waals surface area contributed by atoms with Crippen LogP contribution in [0.3, 0.4) is 0 Å². The van der Waals surface area contributed by atoms with Gasteiger partial charge in [0.25, 0.3) is 10.0 Å². The van der Waals surface area contributed by atoms with E-state index in [-0.39, 0.29) is 10.8 Å². The Morgan fingerprint density at radius 3 is 2.57 bits per heavy atom. The number of amides is 1. The lowest BCUT2D eigenvalue weighted by atomic mass is 10.2. The minimum atomic E-state index is -3.85. The minimum absolute atomic E-state index is 0.00913. The maximum atomic E-state index is 12.8. The largest absolute Gasteiger partial charge is 0.495 e. The summed E-state index contributed by atoms with van der Waals surface area (Å²) >= 11 is 0. The van der Waals surface area contributed by atoms with Gasteiger partial charge in [0.1, 0.15) is 19.0 Å². The summed E-state index contributed by atoms with van der Waals surface area (Å²) in [5.41, 5.74) is 0.887. The number of hydrogen-bond donors (Lipinski definition) is 1. The van der Waals surface area contributed by atoms with Gasteiger partial charge in [0.05, 0.1) is 23.4 Å². The maximum absolute atomic E-state index is 12.8. The lowest BCUT2D eigenvalue weighted by Gasteiger charge is -2.21. The molecule has 0 aromatic heterocycles. The quantitative estimate of drug-likeness (QED) is 0.822. The highest BCUT2D eigenvalue weighted by Gasteiger charge is 2.26. The van der Waals surface area contributed by atoms with E-state index in [2.05, 4.69) is 4.72 Å². The van der Waals surface area contributed by atoms with Gasteiger partial charge in [-0.15, -0.1) is 0 Å². The number of nitrogens with zero attached hydrogens (tertiary/aromatic N) is 1. The molecule has 1 saturated heterocycles. The Morgan fingerprint density at radius 1 is 1.07 bits per heavy atom. The molecule has 0 spiro atoms. The number of rotatable bonds is 5. The highest BCUT2D eigenvalue weighted by atomic mass is 32.2. The van der Waals surface area contributed by atoms with Gasteiger partial charge < -0.3 is 19.1 Å². The molecule has 28 heavy (non-hydrogen) atoms. The van der Waals surface area contributed by atoms with Crippen LogP contribution in [0.4, 0.5) is 11.4 Å². The fourth-order valence-corrected chi connectivity index (χ4v) is 4.34. The molecule has 2 aliphatic heterocycles. The molecule has 0 radical (unpaired) electrons. The molecule has 1 fully saturated rings. The predicted molar refractivity (Wildman–Crippen MR) is 103 cm³/mol. The SMILES string of the molecule is COc1ccc(NS(=O)(=O)c2ccc3c(c2)OCCO3)cc1N1CCCC1=O. The number of sulfonamides is 1. The Kier molecular flexibility index (Phi) is 4.76. The van der Waals surface area contributed by atoms with Crippen LogP contribution in [0.25, 0.3) is 0 Å². The van der Waals surface area contributed by atoms with Crippen LogP contribution in [0.15, 0.2) is 41.3 Å². The molecule has 148 valence electrons. The maximum Gasteiger partial charge on any atom is 0.262 e. The third-order valence-corrected chi connectivity index (χ3v) is 6.00. The van der Waals surface area contributed by atoms with E-state index in [4.69, 9.17) is 14.2 Å². The third kappa shape index (κ3) is 3.45. The molecule has 2 heterocycles. The van der Waals surface area contributed by atoms with Gasteiger partial charge in [-0.1, -0.05) is 0 Å². The molecule has 2 aromatic rings. The third-order valence-electron chi connectivity index (χ3n) is 4.62. The fraction of sp³-hybridized carbons (Fsp3) is 0.316. The summed E-state index contributed by atoms with van der Waals surface area (Å²) in [6.45, 7) is 1.38. The number of benzene rings is 2. The van der Waals surface area contributed by atoms with E-state index >= 15 is 0 Å². The van der Waals surface area contributed by atoms with Crippen molar-refractivity contribution in [3.05, 3.63) is 36.4 Å². The highest BCUT2D eigenvalue weighted by molar-refractivity contribution is 7.92. The van der Waals surface area contributed by atoms with Crippen molar-refractivity contribution in [1.82, 2.24) is 0 Å². The van der Waals surface area contributed by atoms with Gasteiger partial charge in [0, 0.05) is 19.0 Å². The first-order valence-electron chi connectivity index (χ1n) is 8.89. The summed E-state index contributed by atoms with van der Waals surface area (Å²) in [6.07, 6.45) is 1.23. The second-order valence-electron chi connectivity index (χ2n) is 6.45. The lowest BCUT2D eigenvalue weighted by Crippen LogP contribution is -2.24. The summed E-state index contributed by atoms with van der Waals surface area (Å²) in [5.74, 6) is 1.42. The Balaban J connectivity index is 1.64. The van der Waals surface area contributed by atoms with Crippen molar-refractivity contribution in [2.24, 2.45) is 0 Å². The van der Waals surface area contributed by atoms with E-state index in [0.717, 1.165) is 6.42 Å². The van der Waals surface area contributed by atoms with Gasteiger partial charge in [-0.2, -0.15) is 0 Å². The molecular formula is C19H20N2O6S. The number of anilines is 2. The van der Waals surface area contributed by atoms with Crippen molar-refractivity contribution < 1.29 is 27.4 Å². The minimum Gasteiger partial charge on any atom is -0.495 e. The van der Waals surface area contributed by atoms with E-state index in [1.165, 1.54) is 19.2 Å². The van der Waals surface area contributed by atoms with Crippen LogP contribution < -0.4 is 23.8 Å². The standard InChI is InChI=1S/C19H20N2O6S/c1-25-16-6-4-13(11-15(16)21-8-2-3-19(21)22)20-28(23,24)14-5-7-17-18(12-14)27-10-9-26-17/h4-7,11-12,20H,2-3,8-10H2,1H3. The number of hydrogen-bond acceptors (Lipinski definition) is 6. The number of methoxy groups -OCH3 is 1. The van der Waals surface area contributed by atoms with Crippen molar-refractivity contribution in [2.45, 2.75) is 17.7 Å². The van der Waals surface area contributed by atoms with Crippen molar-refractivity contribution in [2.75, 3.05) is 36.5 Å². The van der Waals surface area contributed by atoms with Crippen molar-refractivity contribution in [3.63, 3.8) is 0 Å². The Labute approximate surface area is 163 Å². The van der Waals surface area contributed by atoms with Gasteiger partial charge in [0.2, 0.25) is 5.91 Å². The summed E-state index contributed by atoms with van der Waals surface area (Å²) in [4.78, 5) is 13.8. The summed E-state index contributed by atoms with van der Waals surface area (Å²) < 4.78 is 44.4. The average molecular weight is 404 g/mol. The number of nitrogens with one attached hydrogen (secondary N) is 1. The molecule has 0 atom stereocenters. The van der Waals surface area contributed by atoms with E-state index in [1.807, 2.05) is 0 Å². The number of fused-ring (bicyclic) bond motifs is 1. The fourth-order valence-electron chi connectivity index (χ4n) is 3.27. The van der Waals surface area contributed by atoms with E-state index in [1.54, 1.807) is 29.2 Å². The van der Waals surface area contributed by atoms with E-state index in [0.29, 0.717) is 54.8 Å². The predicted octanol–water partition coefficient (Wildman–Crippen LogP) is 2.39. The summed E-state index contributed by atoms with van der Waals surface area (Å²) in [7, 11) is -2.34. The molecule has 2 aromatic carbocycles. The van der Waals surface area contributed by atoms with Crippen LogP contribution in [0.5, 0.6) is 17.2 Å². The molecule has 1 amide bonds. The second kappa shape index (κ2) is 7.23. The zero-order valence-electron chi connectivity index (χ0n) is 15.3. The summed E-state index contributed by atoms with van der Waals surface area (Å²) in [6, 6.07) is 9.32. The van der Waals surface area contributed by atoms with Crippen molar-refractivity contribution >= 4 is 27.3 Å². The first-order valence-corrected chi connectivity index (χ1v) is 10.4. The van der Waals surface area contributed by atoms with Crippen molar-refractivity contribution in [1.29, 1.82) is 0 Å². The molecular weight excluding hydrogens is 384 g/mol. The Bertz CT molecular complexity index is 1020. The van der Waals surface area contributed by atoms with Gasteiger partial charge in [-0.3, -0.25) is 9.52 Å². The zero-order chi connectivity index (χ0) is 19.7. The second-order valence-corrected chi connectivity index (χ2v) is 8.13. The molecule has 4 rings (SSSR count). The molecule has 0 bridgehead atoms. The molecule has 8 nitrogen and oxygen atoms in total. The normalized spacial score (nSPS) is 16.2. The Hall–Kier alpha value is -2.94. The van der Waals surface area contributed by atoms with Gasteiger partial charge in [-0.05, 0) is 36.8 Å². The lowest BCUT2D eigenvalue weighted by molar-refractivity contribution is -0.117. The molecule has 2 aliphatic rings. The first kappa shape index (κ1) is 18.4. The smallest absolute Gasteiger partial charge is 0.262 e. The Morgan fingerprint density at radius 2 is 1.86 bits per heavy atom. The topological polar surface area (TPSA) is 94.2 Å². The van der Waals surface area contributed by atoms with Gasteiger partial charge in [-0.25, -0.2) is 8.42 Å². The van der Waals surface area contributed by atoms with Crippen LogP contribution >= 0.6 is 0 Å². The summed E-state index contributed by atoms with van der Waals surface area (Å²) in [5, 5.41) is 0. The van der Waals surface area contributed by atoms with Crippen molar-refractivity contribution in [3.8, 4) is 17.2 Å². The molecule has 0 aliphatic carbocycles. The molecule has 9 heteroatoms. The van der Waals surface area contributed by atoms with Crippen LogP contribution in [0.2, 0.25) is 0 Å². The number of ether oxygens (including phenoxy) is 3. The number of carbonyl (C=O) groups excluding carboxylic acids is 1. The molecule has 0 unspecified atom stereocenters. The van der Waals surface area contributed by atoms with Crippen LogP contribution in [0, 0.1) is 0 Å². The van der Waals surface area contributed by atoms with Crippen LogP contribution in [-0.4, -0.2) is 41.2 Å². The van der Waals surface area contributed by atoms with E-state index in [9.17, 15) is 13.2 Å².